The second-order valence-electron chi connectivity index (χ2n) is 7.41. The molecule has 0 saturated carbocycles. The van der Waals surface area contributed by atoms with Crippen molar-refractivity contribution in [3.8, 4) is 11.5 Å². The first-order valence-corrected chi connectivity index (χ1v) is 8.85. The maximum Gasteiger partial charge on any atom is 0.228 e. The molecule has 3 rings (SSSR count). The number of aliphatic hydroxyl groups excluding tert-OH is 1. The fraction of sp³-hybridized carbons (Fsp3) is 0.684. The summed E-state index contributed by atoms with van der Waals surface area (Å²) < 4.78 is 23.0. The Morgan fingerprint density at radius 1 is 1.33 bits per heavy atom. The van der Waals surface area contributed by atoms with Gasteiger partial charge in [-0.3, -0.25) is 4.90 Å². The van der Waals surface area contributed by atoms with Crippen molar-refractivity contribution in [3.63, 3.8) is 0 Å². The third-order valence-corrected chi connectivity index (χ3v) is 5.36. The van der Waals surface area contributed by atoms with Gasteiger partial charge in [-0.2, -0.15) is 0 Å². The van der Waals surface area contributed by atoms with E-state index in [9.17, 15) is 9.50 Å². The Labute approximate surface area is 143 Å². The van der Waals surface area contributed by atoms with Crippen LogP contribution in [0.15, 0.2) is 12.1 Å². The summed E-state index contributed by atoms with van der Waals surface area (Å²) in [7, 11) is 1.57. The number of alkyl halides is 1. The van der Waals surface area contributed by atoms with Crippen molar-refractivity contribution in [2.45, 2.75) is 45.3 Å². The molecule has 0 aliphatic carbocycles. The number of hydrogen-bond acceptors (Lipinski definition) is 4. The van der Waals surface area contributed by atoms with Gasteiger partial charge in [-0.1, -0.05) is 13.8 Å². The first-order chi connectivity index (χ1) is 11.5. The van der Waals surface area contributed by atoms with E-state index in [4.69, 9.17) is 9.47 Å². The fourth-order valence-electron chi connectivity index (χ4n) is 4.27. The van der Waals surface area contributed by atoms with Crippen LogP contribution in [-0.4, -0.2) is 43.2 Å². The van der Waals surface area contributed by atoms with Crippen LogP contribution in [0.2, 0.25) is 0 Å². The van der Waals surface area contributed by atoms with Gasteiger partial charge in [-0.15, -0.1) is 0 Å². The molecule has 134 valence electrons. The number of piperidine rings is 1. The predicted molar refractivity (Wildman–Crippen MR) is 91.2 cm³/mol. The molecule has 4 nitrogen and oxygen atoms in total. The number of halogens is 1. The van der Waals surface area contributed by atoms with Crippen molar-refractivity contribution in [1.29, 1.82) is 0 Å². The highest BCUT2D eigenvalue weighted by Crippen LogP contribution is 2.43. The van der Waals surface area contributed by atoms with Gasteiger partial charge in [-0.25, -0.2) is 4.39 Å². The fourth-order valence-corrected chi connectivity index (χ4v) is 4.27. The van der Waals surface area contributed by atoms with Crippen molar-refractivity contribution < 1.29 is 19.0 Å². The van der Waals surface area contributed by atoms with E-state index in [0.29, 0.717) is 23.3 Å². The Balaban J connectivity index is 1.86. The summed E-state index contributed by atoms with van der Waals surface area (Å²) in [6.45, 7) is 5.47. The molecule has 0 bridgehead atoms. The monoisotopic (exact) mass is 336 g/mol. The van der Waals surface area contributed by atoms with Crippen molar-refractivity contribution >= 4 is 0 Å². The van der Waals surface area contributed by atoms with Crippen LogP contribution in [0.5, 0.6) is 11.5 Å². The normalized spacial score (nSPS) is 26.8. The molecule has 0 amide bonds. The molecule has 0 aromatic heterocycles. The molecule has 5 heteroatoms. The van der Waals surface area contributed by atoms with Crippen LogP contribution >= 0.6 is 0 Å². The molecule has 1 N–H and O–H groups in total. The molecule has 2 aliphatic rings. The summed E-state index contributed by atoms with van der Waals surface area (Å²) in [6, 6.07) is 4.07. The van der Waals surface area contributed by atoms with E-state index in [1.807, 2.05) is 12.1 Å². The lowest BCUT2D eigenvalue weighted by Crippen LogP contribution is -2.48. The largest absolute Gasteiger partial charge is 0.493 e. The summed E-state index contributed by atoms with van der Waals surface area (Å²) in [4.78, 5) is 2.48. The second kappa shape index (κ2) is 7.28. The Hall–Kier alpha value is -1.33. The first kappa shape index (κ1) is 17.5. The summed E-state index contributed by atoms with van der Waals surface area (Å²) >= 11 is 0. The Morgan fingerprint density at radius 3 is 2.79 bits per heavy atom. The zero-order valence-corrected chi connectivity index (χ0v) is 14.8. The van der Waals surface area contributed by atoms with Gasteiger partial charge in [0, 0.05) is 19.1 Å². The van der Waals surface area contributed by atoms with E-state index in [1.165, 1.54) is 11.1 Å². The summed E-state index contributed by atoms with van der Waals surface area (Å²) in [5.41, 5.74) is 2.36. The molecule has 0 unspecified atom stereocenters. The predicted octanol–water partition coefficient (Wildman–Crippen LogP) is 3.33. The van der Waals surface area contributed by atoms with Crippen molar-refractivity contribution in [2.24, 2.45) is 11.8 Å². The van der Waals surface area contributed by atoms with E-state index in [-0.39, 0.29) is 12.1 Å². The lowest BCUT2D eigenvalue weighted by molar-refractivity contribution is -0.0192. The van der Waals surface area contributed by atoms with Crippen LogP contribution in [0, 0.1) is 11.8 Å². The van der Waals surface area contributed by atoms with Gasteiger partial charge in [0.2, 0.25) is 6.86 Å². The maximum atomic E-state index is 12.6. The molecule has 2 aliphatic heterocycles. The minimum Gasteiger partial charge on any atom is -0.493 e. The molecule has 1 saturated heterocycles. The summed E-state index contributed by atoms with van der Waals surface area (Å²) in [5, 5.41) is 10.6. The number of aliphatic hydroxyl groups is 1. The second-order valence-corrected chi connectivity index (χ2v) is 7.41. The van der Waals surface area contributed by atoms with E-state index >= 15 is 0 Å². The molecule has 1 aromatic carbocycles. The number of benzene rings is 1. The van der Waals surface area contributed by atoms with Gasteiger partial charge in [0.25, 0.3) is 0 Å². The number of ether oxygens (including phenoxy) is 2. The molecular weight excluding hydrogens is 308 g/mol. The third kappa shape index (κ3) is 3.38. The van der Waals surface area contributed by atoms with Crippen LogP contribution in [0.3, 0.4) is 0 Å². The molecule has 2 heterocycles. The lowest BCUT2D eigenvalue weighted by atomic mass is 9.79. The summed E-state index contributed by atoms with van der Waals surface area (Å²) in [5.74, 6) is 1.96. The molecule has 1 fully saturated rings. The van der Waals surface area contributed by atoms with Crippen LogP contribution in [0.1, 0.15) is 43.9 Å². The highest BCUT2D eigenvalue weighted by atomic mass is 18.2. The Morgan fingerprint density at radius 2 is 2.12 bits per heavy atom. The highest BCUT2D eigenvalue weighted by Gasteiger charge is 2.38. The van der Waals surface area contributed by atoms with Gasteiger partial charge in [0.15, 0.2) is 11.5 Å². The van der Waals surface area contributed by atoms with Crippen LogP contribution in [-0.2, 0) is 6.42 Å². The third-order valence-electron chi connectivity index (χ3n) is 5.36. The van der Waals surface area contributed by atoms with E-state index < -0.39 is 6.86 Å². The van der Waals surface area contributed by atoms with E-state index in [2.05, 4.69) is 18.7 Å². The van der Waals surface area contributed by atoms with Crippen LogP contribution < -0.4 is 9.47 Å². The minimum absolute atomic E-state index is 0.209. The molecule has 3 atom stereocenters. The van der Waals surface area contributed by atoms with E-state index in [0.717, 1.165) is 32.4 Å². The molecular formula is C19H28FNO3. The van der Waals surface area contributed by atoms with Crippen LogP contribution in [0.4, 0.5) is 4.39 Å². The quantitative estimate of drug-likeness (QED) is 0.896. The van der Waals surface area contributed by atoms with Crippen molar-refractivity contribution in [3.05, 3.63) is 23.3 Å². The van der Waals surface area contributed by atoms with Crippen molar-refractivity contribution in [2.75, 3.05) is 27.1 Å². The smallest absolute Gasteiger partial charge is 0.228 e. The number of hydrogen-bond donors (Lipinski definition) is 1. The van der Waals surface area contributed by atoms with Gasteiger partial charge in [0.1, 0.15) is 0 Å². The van der Waals surface area contributed by atoms with Crippen molar-refractivity contribution in [1.82, 2.24) is 4.90 Å². The Kier molecular flexibility index (Phi) is 5.30. The molecule has 0 radical (unpaired) electrons. The molecule has 0 spiro atoms. The molecule has 24 heavy (non-hydrogen) atoms. The topological polar surface area (TPSA) is 41.9 Å². The number of rotatable bonds is 5. The Bertz CT molecular complexity index is 578. The van der Waals surface area contributed by atoms with Gasteiger partial charge in [0.05, 0.1) is 13.2 Å². The van der Waals surface area contributed by atoms with Gasteiger partial charge in [-0.05, 0) is 54.4 Å². The summed E-state index contributed by atoms with van der Waals surface area (Å²) in [6.07, 6.45) is 2.45. The standard InChI is InChI=1S/C19H28FNO3/c1-12(2)6-14-10-21-5-4-13-7-19(24-11-20)18(23-3)8-15(13)16(21)9-17(14)22/h7-8,12,14,16-17,22H,4-6,9-11H2,1-3H3/t14-,16-,17-/m1/s1/i20-1. The average molecular weight is 336 g/mol. The van der Waals surface area contributed by atoms with Crippen LogP contribution in [0.25, 0.3) is 0 Å². The number of nitrogens with zero attached hydrogens (tertiary/aromatic N) is 1. The highest BCUT2D eigenvalue weighted by molar-refractivity contribution is 5.49. The zero-order chi connectivity index (χ0) is 17.3. The molecule has 1 aromatic rings. The first-order valence-electron chi connectivity index (χ1n) is 8.85. The SMILES string of the molecule is COc1cc2c(cc1OC[18F])CCN1C[C@@H](CC(C)C)[C@H](O)C[C@H]21. The van der Waals surface area contributed by atoms with Gasteiger partial charge >= 0.3 is 0 Å². The zero-order valence-electron chi connectivity index (χ0n) is 14.8. The number of methoxy groups -OCH3 is 1. The van der Waals surface area contributed by atoms with E-state index in [1.54, 1.807) is 7.11 Å². The average Bonchev–Trinajstić information content (AvgIpc) is 2.55. The minimum atomic E-state index is -0.861. The maximum absolute atomic E-state index is 12.6. The number of fused-ring (bicyclic) bond motifs is 3. The lowest BCUT2D eigenvalue weighted by Gasteiger charge is -2.46. The van der Waals surface area contributed by atoms with Gasteiger partial charge < -0.3 is 14.6 Å².